The lowest BCUT2D eigenvalue weighted by Gasteiger charge is -2.10. The van der Waals surface area contributed by atoms with Crippen molar-refractivity contribution in [2.75, 3.05) is 7.11 Å². The molecule has 0 aliphatic carbocycles. The quantitative estimate of drug-likeness (QED) is 0.575. The third kappa shape index (κ3) is 3.41. The van der Waals surface area contributed by atoms with E-state index in [4.69, 9.17) is 20.6 Å². The standard InChI is InChI=1S/C15H16N2O3/c1-19-13-6-11(15(16)17)7-14(8-13)20-9-10-3-2-4-12(18)5-10/h2-8,18H,9H2,1H3,(H3,16,17). The molecule has 0 unspecified atom stereocenters. The minimum absolute atomic E-state index is 0.0499. The van der Waals surface area contributed by atoms with Crippen molar-refractivity contribution < 1.29 is 14.6 Å². The van der Waals surface area contributed by atoms with E-state index in [9.17, 15) is 5.11 Å². The molecule has 0 saturated heterocycles. The molecule has 0 aliphatic rings. The Labute approximate surface area is 117 Å². The molecule has 5 nitrogen and oxygen atoms in total. The van der Waals surface area contributed by atoms with E-state index in [-0.39, 0.29) is 11.6 Å². The first-order valence-electron chi connectivity index (χ1n) is 6.02. The van der Waals surface area contributed by atoms with E-state index < -0.39 is 0 Å². The minimum Gasteiger partial charge on any atom is -0.508 e. The molecular weight excluding hydrogens is 256 g/mol. The van der Waals surface area contributed by atoms with Crippen LogP contribution in [0.3, 0.4) is 0 Å². The molecular formula is C15H16N2O3. The van der Waals surface area contributed by atoms with Gasteiger partial charge >= 0.3 is 0 Å². The Morgan fingerprint density at radius 1 is 1.20 bits per heavy atom. The van der Waals surface area contributed by atoms with Gasteiger partial charge in [0.25, 0.3) is 0 Å². The van der Waals surface area contributed by atoms with E-state index in [0.29, 0.717) is 23.7 Å². The van der Waals surface area contributed by atoms with Crippen molar-refractivity contribution in [3.05, 3.63) is 53.6 Å². The molecule has 20 heavy (non-hydrogen) atoms. The first-order valence-corrected chi connectivity index (χ1v) is 6.02. The molecule has 0 radical (unpaired) electrons. The van der Waals surface area contributed by atoms with Crippen LogP contribution in [0.4, 0.5) is 0 Å². The van der Waals surface area contributed by atoms with Crippen molar-refractivity contribution in [3.63, 3.8) is 0 Å². The first kappa shape index (κ1) is 13.7. The fraction of sp³-hybridized carbons (Fsp3) is 0.133. The Bertz CT molecular complexity index is 626. The maximum atomic E-state index is 9.39. The van der Waals surface area contributed by atoms with Crippen LogP contribution in [0, 0.1) is 5.41 Å². The zero-order chi connectivity index (χ0) is 14.5. The summed E-state index contributed by atoms with van der Waals surface area (Å²) < 4.78 is 10.8. The number of aromatic hydroxyl groups is 1. The number of nitrogens with one attached hydrogen (secondary N) is 1. The predicted molar refractivity (Wildman–Crippen MR) is 76.4 cm³/mol. The summed E-state index contributed by atoms with van der Waals surface area (Å²) in [7, 11) is 1.54. The van der Waals surface area contributed by atoms with Crippen LogP contribution in [0.25, 0.3) is 0 Å². The number of hydrogen-bond donors (Lipinski definition) is 3. The Kier molecular flexibility index (Phi) is 4.10. The minimum atomic E-state index is -0.0499. The van der Waals surface area contributed by atoms with Gasteiger partial charge in [-0.3, -0.25) is 5.41 Å². The molecule has 4 N–H and O–H groups in total. The van der Waals surface area contributed by atoms with Crippen molar-refractivity contribution in [3.8, 4) is 17.2 Å². The van der Waals surface area contributed by atoms with Crippen LogP contribution in [0.15, 0.2) is 42.5 Å². The Balaban J connectivity index is 2.16. The van der Waals surface area contributed by atoms with Gasteiger partial charge in [-0.25, -0.2) is 0 Å². The molecule has 104 valence electrons. The fourth-order valence-electron chi connectivity index (χ4n) is 1.74. The van der Waals surface area contributed by atoms with E-state index in [0.717, 1.165) is 5.56 Å². The number of amidine groups is 1. The van der Waals surface area contributed by atoms with Crippen molar-refractivity contribution in [2.24, 2.45) is 5.73 Å². The number of nitrogen functional groups attached to an aromatic ring is 1. The summed E-state index contributed by atoms with van der Waals surface area (Å²) in [5.41, 5.74) is 6.85. The molecule has 0 atom stereocenters. The Hall–Kier alpha value is -2.69. The Morgan fingerprint density at radius 2 is 1.95 bits per heavy atom. The second-order valence-corrected chi connectivity index (χ2v) is 4.27. The lowest BCUT2D eigenvalue weighted by atomic mass is 10.2. The summed E-state index contributed by atoms with van der Waals surface area (Å²) in [6, 6.07) is 11.9. The van der Waals surface area contributed by atoms with E-state index in [1.165, 1.54) is 7.11 Å². The number of phenolic OH excluding ortho intramolecular Hbond substituents is 1. The smallest absolute Gasteiger partial charge is 0.124 e. The monoisotopic (exact) mass is 272 g/mol. The van der Waals surface area contributed by atoms with Gasteiger partial charge < -0.3 is 20.3 Å². The number of ether oxygens (including phenoxy) is 2. The maximum Gasteiger partial charge on any atom is 0.124 e. The highest BCUT2D eigenvalue weighted by Crippen LogP contribution is 2.23. The van der Waals surface area contributed by atoms with Gasteiger partial charge in [0.2, 0.25) is 0 Å². The third-order valence-corrected chi connectivity index (χ3v) is 2.74. The van der Waals surface area contributed by atoms with Crippen LogP contribution in [-0.2, 0) is 6.61 Å². The molecule has 0 spiro atoms. The van der Waals surface area contributed by atoms with Crippen molar-refractivity contribution >= 4 is 5.84 Å². The van der Waals surface area contributed by atoms with Crippen molar-refractivity contribution in [1.29, 1.82) is 5.41 Å². The van der Waals surface area contributed by atoms with Gasteiger partial charge in [0.15, 0.2) is 0 Å². The van der Waals surface area contributed by atoms with Crippen LogP contribution in [-0.4, -0.2) is 18.1 Å². The molecule has 0 aliphatic heterocycles. The topological polar surface area (TPSA) is 88.6 Å². The lowest BCUT2D eigenvalue weighted by Crippen LogP contribution is -2.11. The second-order valence-electron chi connectivity index (χ2n) is 4.27. The summed E-state index contributed by atoms with van der Waals surface area (Å²) >= 11 is 0. The molecule has 2 aromatic rings. The molecule has 0 saturated carbocycles. The third-order valence-electron chi connectivity index (χ3n) is 2.74. The number of methoxy groups -OCH3 is 1. The van der Waals surface area contributed by atoms with Crippen LogP contribution < -0.4 is 15.2 Å². The number of rotatable bonds is 5. The summed E-state index contributed by atoms with van der Waals surface area (Å²) in [4.78, 5) is 0. The SMILES string of the molecule is COc1cc(OCc2cccc(O)c2)cc(C(=N)N)c1. The van der Waals surface area contributed by atoms with E-state index >= 15 is 0 Å². The van der Waals surface area contributed by atoms with Gasteiger partial charge in [0, 0.05) is 11.6 Å². The summed E-state index contributed by atoms with van der Waals surface area (Å²) in [5, 5.41) is 16.9. The highest BCUT2D eigenvalue weighted by Gasteiger charge is 2.05. The average Bonchev–Trinajstić information content (AvgIpc) is 2.45. The molecule has 0 heterocycles. The molecule has 0 aromatic heterocycles. The second kappa shape index (κ2) is 5.97. The molecule has 2 aromatic carbocycles. The fourth-order valence-corrected chi connectivity index (χ4v) is 1.74. The van der Waals surface area contributed by atoms with Gasteiger partial charge in [0.05, 0.1) is 7.11 Å². The Morgan fingerprint density at radius 3 is 2.60 bits per heavy atom. The highest BCUT2D eigenvalue weighted by atomic mass is 16.5. The molecule has 5 heteroatoms. The van der Waals surface area contributed by atoms with Gasteiger partial charge in [0.1, 0.15) is 29.7 Å². The normalized spacial score (nSPS) is 10.1. The largest absolute Gasteiger partial charge is 0.508 e. The number of nitrogens with two attached hydrogens (primary N) is 1. The van der Waals surface area contributed by atoms with Crippen molar-refractivity contribution in [2.45, 2.75) is 6.61 Å². The summed E-state index contributed by atoms with van der Waals surface area (Å²) in [6.45, 7) is 0.304. The van der Waals surface area contributed by atoms with Gasteiger partial charge in [-0.15, -0.1) is 0 Å². The van der Waals surface area contributed by atoms with Crippen LogP contribution in [0.2, 0.25) is 0 Å². The molecule has 0 bridgehead atoms. The predicted octanol–water partition coefficient (Wildman–Crippen LogP) is 2.26. The number of benzene rings is 2. The zero-order valence-corrected chi connectivity index (χ0v) is 11.1. The van der Waals surface area contributed by atoms with Crippen molar-refractivity contribution in [1.82, 2.24) is 0 Å². The maximum absolute atomic E-state index is 9.39. The van der Waals surface area contributed by atoms with Gasteiger partial charge in [-0.05, 0) is 29.8 Å². The number of hydrogen-bond acceptors (Lipinski definition) is 4. The van der Waals surface area contributed by atoms with Gasteiger partial charge in [-0.2, -0.15) is 0 Å². The van der Waals surface area contributed by atoms with Crippen LogP contribution in [0.5, 0.6) is 17.2 Å². The highest BCUT2D eigenvalue weighted by molar-refractivity contribution is 5.95. The average molecular weight is 272 g/mol. The summed E-state index contributed by atoms with van der Waals surface area (Å²) in [5.74, 6) is 1.27. The molecule has 0 amide bonds. The first-order chi connectivity index (χ1) is 9.58. The molecule has 0 fully saturated rings. The van der Waals surface area contributed by atoms with E-state index in [2.05, 4.69) is 0 Å². The van der Waals surface area contributed by atoms with E-state index in [1.807, 2.05) is 6.07 Å². The van der Waals surface area contributed by atoms with E-state index in [1.54, 1.807) is 36.4 Å². The van der Waals surface area contributed by atoms with Gasteiger partial charge in [-0.1, -0.05) is 12.1 Å². The van der Waals surface area contributed by atoms with Crippen LogP contribution in [0.1, 0.15) is 11.1 Å². The lowest BCUT2D eigenvalue weighted by molar-refractivity contribution is 0.303. The zero-order valence-electron chi connectivity index (χ0n) is 11.1. The van der Waals surface area contributed by atoms with Crippen LogP contribution >= 0.6 is 0 Å². The molecule has 2 rings (SSSR count). The summed E-state index contributed by atoms with van der Waals surface area (Å²) in [6.07, 6.45) is 0. The number of phenols is 1.